The third kappa shape index (κ3) is 2.96. The van der Waals surface area contributed by atoms with Crippen LogP contribution in [-0.2, 0) is 4.79 Å². The van der Waals surface area contributed by atoms with Gasteiger partial charge in [-0.15, -0.1) is 0 Å². The minimum absolute atomic E-state index is 0.0170. The lowest BCUT2D eigenvalue weighted by atomic mass is 9.83. The van der Waals surface area contributed by atoms with E-state index in [2.05, 4.69) is 15.9 Å². The van der Waals surface area contributed by atoms with Crippen LogP contribution < -0.4 is 0 Å². The van der Waals surface area contributed by atoms with Crippen LogP contribution in [0.15, 0.2) is 28.7 Å². The summed E-state index contributed by atoms with van der Waals surface area (Å²) in [6.07, 6.45) is 4.32. The number of halogens is 1. The Morgan fingerprint density at radius 3 is 2.53 bits per heavy atom. The molecule has 3 heteroatoms. The molecule has 0 radical (unpaired) electrons. The van der Waals surface area contributed by atoms with E-state index >= 15 is 0 Å². The van der Waals surface area contributed by atoms with Crippen molar-refractivity contribution in [1.82, 2.24) is 0 Å². The number of hydrogen-bond acceptors (Lipinski definition) is 2. The van der Waals surface area contributed by atoms with Crippen LogP contribution in [0.1, 0.15) is 43.8 Å². The highest BCUT2D eigenvalue weighted by molar-refractivity contribution is 9.10. The quantitative estimate of drug-likeness (QED) is 0.925. The minimum Gasteiger partial charge on any atom is -0.380 e. The van der Waals surface area contributed by atoms with Gasteiger partial charge in [0.25, 0.3) is 0 Å². The molecule has 0 spiro atoms. The van der Waals surface area contributed by atoms with Crippen LogP contribution in [0.4, 0.5) is 0 Å². The maximum Gasteiger partial charge on any atom is 0.168 e. The summed E-state index contributed by atoms with van der Waals surface area (Å²) >= 11 is 3.38. The molecule has 0 aliphatic heterocycles. The van der Waals surface area contributed by atoms with Crippen LogP contribution in [-0.4, -0.2) is 10.9 Å². The molecule has 1 aliphatic carbocycles. The summed E-state index contributed by atoms with van der Waals surface area (Å²) in [4.78, 5) is 12.2. The normalized spacial score (nSPS) is 18.9. The summed E-state index contributed by atoms with van der Waals surface area (Å²) in [5.41, 5.74) is 0.683. The fourth-order valence-corrected chi connectivity index (χ4v) is 2.96. The molecule has 2 nitrogen and oxygen atoms in total. The van der Waals surface area contributed by atoms with E-state index in [9.17, 15) is 9.90 Å². The van der Waals surface area contributed by atoms with Crippen LogP contribution in [0.3, 0.4) is 0 Å². The van der Waals surface area contributed by atoms with E-state index in [0.29, 0.717) is 5.56 Å². The standard InChI is InChI=1S/C14H17BrO2/c15-12-9-5-4-8-11(12)14(17)13(16)10-6-2-1-3-7-10/h4-5,8-10,14,17H,1-3,6-7H2. The number of rotatable bonds is 3. The topological polar surface area (TPSA) is 37.3 Å². The number of carbonyl (C=O) groups is 1. The number of carbonyl (C=O) groups excluding carboxylic acids is 1. The zero-order valence-corrected chi connectivity index (χ0v) is 11.3. The first-order valence-corrected chi connectivity index (χ1v) is 6.95. The molecule has 1 aliphatic rings. The lowest BCUT2D eigenvalue weighted by molar-refractivity contribution is -0.132. The molecule has 1 saturated carbocycles. The molecule has 1 unspecified atom stereocenters. The van der Waals surface area contributed by atoms with E-state index in [0.717, 1.165) is 30.2 Å². The van der Waals surface area contributed by atoms with Crippen LogP contribution in [0.25, 0.3) is 0 Å². The fourth-order valence-electron chi connectivity index (χ4n) is 2.46. The van der Waals surface area contributed by atoms with Crippen molar-refractivity contribution in [2.75, 3.05) is 0 Å². The summed E-state index contributed by atoms with van der Waals surface area (Å²) in [5, 5.41) is 10.1. The van der Waals surface area contributed by atoms with Gasteiger partial charge in [0.2, 0.25) is 0 Å². The second kappa shape index (κ2) is 5.78. The maximum absolute atomic E-state index is 12.2. The molecule has 1 atom stereocenters. The van der Waals surface area contributed by atoms with Gasteiger partial charge in [-0.05, 0) is 18.9 Å². The van der Waals surface area contributed by atoms with Crippen LogP contribution in [0, 0.1) is 5.92 Å². The summed E-state index contributed by atoms with van der Waals surface area (Å²) in [6, 6.07) is 7.38. The van der Waals surface area contributed by atoms with Gasteiger partial charge in [-0.25, -0.2) is 0 Å². The molecule has 17 heavy (non-hydrogen) atoms. The maximum atomic E-state index is 12.2. The lowest BCUT2D eigenvalue weighted by Gasteiger charge is -2.23. The van der Waals surface area contributed by atoms with Gasteiger partial charge >= 0.3 is 0 Å². The molecule has 0 heterocycles. The largest absolute Gasteiger partial charge is 0.380 e. The Bertz CT molecular complexity index is 397. The predicted molar refractivity (Wildman–Crippen MR) is 70.7 cm³/mol. The summed E-state index contributed by atoms with van der Waals surface area (Å²) in [7, 11) is 0. The zero-order valence-electron chi connectivity index (χ0n) is 9.73. The van der Waals surface area contributed by atoms with E-state index in [1.54, 1.807) is 6.07 Å². The van der Waals surface area contributed by atoms with Crippen LogP contribution in [0.5, 0.6) is 0 Å². The third-order valence-electron chi connectivity index (χ3n) is 3.48. The molecular formula is C14H17BrO2. The Kier molecular flexibility index (Phi) is 4.35. The Hall–Kier alpha value is -0.670. The number of aliphatic hydroxyl groups is 1. The first-order valence-electron chi connectivity index (χ1n) is 6.16. The van der Waals surface area contributed by atoms with Gasteiger partial charge in [-0.3, -0.25) is 4.79 Å². The van der Waals surface area contributed by atoms with Gasteiger partial charge in [-0.1, -0.05) is 53.4 Å². The molecule has 2 rings (SSSR count). The lowest BCUT2D eigenvalue weighted by Crippen LogP contribution is -2.24. The smallest absolute Gasteiger partial charge is 0.168 e. The molecule has 0 aromatic heterocycles. The number of Topliss-reactive ketones (excluding diaryl/α,β-unsaturated/α-hetero) is 1. The van der Waals surface area contributed by atoms with Gasteiger partial charge in [0.05, 0.1) is 0 Å². The van der Waals surface area contributed by atoms with Crippen molar-refractivity contribution in [1.29, 1.82) is 0 Å². The predicted octanol–water partition coefficient (Wildman–Crippen LogP) is 3.63. The third-order valence-corrected chi connectivity index (χ3v) is 4.20. The molecule has 1 aromatic carbocycles. The van der Waals surface area contributed by atoms with Crippen molar-refractivity contribution >= 4 is 21.7 Å². The van der Waals surface area contributed by atoms with E-state index in [1.807, 2.05) is 18.2 Å². The highest BCUT2D eigenvalue weighted by Crippen LogP contribution is 2.31. The van der Waals surface area contributed by atoms with E-state index in [4.69, 9.17) is 0 Å². The first kappa shape index (κ1) is 12.8. The molecule has 1 N–H and O–H groups in total. The van der Waals surface area contributed by atoms with Crippen molar-refractivity contribution in [2.24, 2.45) is 5.92 Å². The number of ketones is 1. The van der Waals surface area contributed by atoms with Gasteiger partial charge in [-0.2, -0.15) is 0 Å². The van der Waals surface area contributed by atoms with E-state index in [1.165, 1.54) is 6.42 Å². The Morgan fingerprint density at radius 1 is 1.24 bits per heavy atom. The average Bonchev–Trinajstić information content (AvgIpc) is 2.39. The fraction of sp³-hybridized carbons (Fsp3) is 0.500. The Labute approximate surface area is 110 Å². The number of hydrogen-bond donors (Lipinski definition) is 1. The van der Waals surface area contributed by atoms with Crippen LogP contribution >= 0.6 is 15.9 Å². The molecule has 1 aromatic rings. The van der Waals surface area contributed by atoms with Gasteiger partial charge in [0.1, 0.15) is 6.10 Å². The van der Waals surface area contributed by atoms with E-state index in [-0.39, 0.29) is 11.7 Å². The number of benzene rings is 1. The average molecular weight is 297 g/mol. The second-order valence-electron chi connectivity index (χ2n) is 4.66. The second-order valence-corrected chi connectivity index (χ2v) is 5.52. The van der Waals surface area contributed by atoms with Crippen molar-refractivity contribution in [2.45, 2.75) is 38.2 Å². The summed E-state index contributed by atoms with van der Waals surface area (Å²) < 4.78 is 0.802. The van der Waals surface area contributed by atoms with Gasteiger partial charge in [0, 0.05) is 16.0 Å². The number of aliphatic hydroxyl groups excluding tert-OH is 1. The van der Waals surface area contributed by atoms with Crippen molar-refractivity contribution < 1.29 is 9.90 Å². The van der Waals surface area contributed by atoms with Crippen molar-refractivity contribution in [3.8, 4) is 0 Å². The van der Waals surface area contributed by atoms with Crippen molar-refractivity contribution in [3.05, 3.63) is 34.3 Å². The van der Waals surface area contributed by atoms with Crippen molar-refractivity contribution in [3.63, 3.8) is 0 Å². The van der Waals surface area contributed by atoms with Gasteiger partial charge in [0.15, 0.2) is 5.78 Å². The summed E-state index contributed by atoms with van der Waals surface area (Å²) in [6.45, 7) is 0. The Morgan fingerprint density at radius 2 is 1.88 bits per heavy atom. The zero-order chi connectivity index (χ0) is 12.3. The Balaban J connectivity index is 2.11. The molecule has 1 fully saturated rings. The molecule has 0 bridgehead atoms. The molecule has 0 saturated heterocycles. The monoisotopic (exact) mass is 296 g/mol. The van der Waals surface area contributed by atoms with Gasteiger partial charge < -0.3 is 5.11 Å². The molecule has 0 amide bonds. The summed E-state index contributed by atoms with van der Waals surface area (Å²) in [5.74, 6) is 0.0301. The highest BCUT2D eigenvalue weighted by atomic mass is 79.9. The van der Waals surface area contributed by atoms with Crippen LogP contribution in [0.2, 0.25) is 0 Å². The SMILES string of the molecule is O=C(C1CCCCC1)C(O)c1ccccc1Br. The molecular weight excluding hydrogens is 280 g/mol. The molecule has 92 valence electrons. The highest BCUT2D eigenvalue weighted by Gasteiger charge is 2.28. The first-order chi connectivity index (χ1) is 8.20. The minimum atomic E-state index is -0.978. The van der Waals surface area contributed by atoms with E-state index < -0.39 is 6.10 Å².